The number of anilines is 1. The van der Waals surface area contributed by atoms with Gasteiger partial charge in [-0.1, -0.05) is 25.1 Å². The number of benzene rings is 2. The molecule has 24 heavy (non-hydrogen) atoms. The van der Waals surface area contributed by atoms with Crippen molar-refractivity contribution in [2.45, 2.75) is 13.3 Å². The molecule has 1 heterocycles. The van der Waals surface area contributed by atoms with Gasteiger partial charge in [0, 0.05) is 12.2 Å². The van der Waals surface area contributed by atoms with E-state index in [4.69, 9.17) is 14.2 Å². The lowest BCUT2D eigenvalue weighted by Crippen LogP contribution is -2.16. The normalized spacial score (nSPS) is 13.4. The van der Waals surface area contributed by atoms with Crippen molar-refractivity contribution >= 4 is 11.7 Å². The van der Waals surface area contributed by atoms with E-state index in [2.05, 4.69) is 18.3 Å². The molecule has 0 fully saturated rings. The van der Waals surface area contributed by atoms with E-state index < -0.39 is 0 Å². The highest BCUT2D eigenvalue weighted by Gasteiger charge is 2.15. The topological polar surface area (TPSA) is 56.8 Å². The summed E-state index contributed by atoms with van der Waals surface area (Å²) in [7, 11) is 1.39. The molecule has 5 nitrogen and oxygen atoms in total. The number of carbonyl (C=O) groups excluding carboxylic acids is 1. The third kappa shape index (κ3) is 3.62. The Balaban J connectivity index is 1.60. The molecule has 5 heteroatoms. The fourth-order valence-corrected chi connectivity index (χ4v) is 2.75. The van der Waals surface area contributed by atoms with E-state index in [0.29, 0.717) is 18.3 Å². The number of fused-ring (bicyclic) bond motifs is 1. The SMILES string of the molecule is COC(=O)c1ccccc1NCC(C)Cc1ccc2c(c1)OCO2. The molecule has 0 bridgehead atoms. The summed E-state index contributed by atoms with van der Waals surface area (Å²) in [6.45, 7) is 3.21. The van der Waals surface area contributed by atoms with Gasteiger partial charge in [0.15, 0.2) is 11.5 Å². The highest BCUT2D eigenvalue weighted by atomic mass is 16.7. The van der Waals surface area contributed by atoms with Crippen molar-refractivity contribution in [2.75, 3.05) is 25.8 Å². The molecule has 1 atom stereocenters. The van der Waals surface area contributed by atoms with E-state index in [9.17, 15) is 4.79 Å². The van der Waals surface area contributed by atoms with Crippen LogP contribution in [0.3, 0.4) is 0 Å². The molecule has 2 aromatic carbocycles. The molecule has 2 aromatic rings. The summed E-state index contributed by atoms with van der Waals surface area (Å²) in [4.78, 5) is 11.8. The van der Waals surface area contributed by atoms with Crippen molar-refractivity contribution in [2.24, 2.45) is 5.92 Å². The fraction of sp³-hybridized carbons (Fsp3) is 0.316. The minimum Gasteiger partial charge on any atom is -0.465 e. The van der Waals surface area contributed by atoms with Gasteiger partial charge in [0.1, 0.15) is 0 Å². The van der Waals surface area contributed by atoms with E-state index in [0.717, 1.165) is 30.2 Å². The van der Waals surface area contributed by atoms with Crippen LogP contribution in [0.5, 0.6) is 11.5 Å². The highest BCUT2D eigenvalue weighted by Crippen LogP contribution is 2.33. The summed E-state index contributed by atoms with van der Waals surface area (Å²) in [5, 5.41) is 3.34. The predicted octanol–water partition coefficient (Wildman–Crippen LogP) is 3.49. The zero-order valence-electron chi connectivity index (χ0n) is 13.9. The molecule has 0 saturated heterocycles. The lowest BCUT2D eigenvalue weighted by molar-refractivity contribution is 0.0602. The van der Waals surface area contributed by atoms with Crippen molar-refractivity contribution in [1.29, 1.82) is 0 Å². The quantitative estimate of drug-likeness (QED) is 0.823. The van der Waals surface area contributed by atoms with Gasteiger partial charge >= 0.3 is 5.97 Å². The Labute approximate surface area is 141 Å². The molecule has 0 amide bonds. The van der Waals surface area contributed by atoms with E-state index in [1.54, 1.807) is 6.07 Å². The van der Waals surface area contributed by atoms with Crippen LogP contribution in [0.2, 0.25) is 0 Å². The maximum absolute atomic E-state index is 11.8. The molecule has 1 aliphatic heterocycles. The molecule has 1 unspecified atom stereocenters. The number of rotatable bonds is 6. The molecule has 0 aliphatic carbocycles. The minimum absolute atomic E-state index is 0.292. The number of esters is 1. The van der Waals surface area contributed by atoms with Crippen molar-refractivity contribution < 1.29 is 19.0 Å². The summed E-state index contributed by atoms with van der Waals surface area (Å²) in [6, 6.07) is 13.4. The number of hydrogen-bond donors (Lipinski definition) is 1. The average molecular weight is 327 g/mol. The van der Waals surface area contributed by atoms with Gasteiger partial charge in [-0.05, 0) is 42.2 Å². The predicted molar refractivity (Wildman–Crippen MR) is 91.7 cm³/mol. The Hall–Kier alpha value is -2.69. The summed E-state index contributed by atoms with van der Waals surface area (Å²) in [6.07, 6.45) is 0.907. The Morgan fingerprint density at radius 3 is 2.83 bits per heavy atom. The van der Waals surface area contributed by atoms with Crippen LogP contribution in [0.15, 0.2) is 42.5 Å². The first-order valence-corrected chi connectivity index (χ1v) is 7.97. The largest absolute Gasteiger partial charge is 0.465 e. The summed E-state index contributed by atoms with van der Waals surface area (Å²) in [5.74, 6) is 1.66. The molecular formula is C19H21NO4. The van der Waals surface area contributed by atoms with Gasteiger partial charge in [0.2, 0.25) is 6.79 Å². The van der Waals surface area contributed by atoms with Crippen molar-refractivity contribution in [3.05, 3.63) is 53.6 Å². The minimum atomic E-state index is -0.332. The molecule has 0 aromatic heterocycles. The first-order chi connectivity index (χ1) is 11.7. The summed E-state index contributed by atoms with van der Waals surface area (Å²) >= 11 is 0. The summed E-state index contributed by atoms with van der Waals surface area (Å²) < 4.78 is 15.6. The molecule has 126 valence electrons. The number of carbonyl (C=O) groups is 1. The first-order valence-electron chi connectivity index (χ1n) is 7.97. The average Bonchev–Trinajstić information content (AvgIpc) is 3.07. The van der Waals surface area contributed by atoms with Crippen LogP contribution < -0.4 is 14.8 Å². The van der Waals surface area contributed by atoms with Crippen LogP contribution in [0, 0.1) is 5.92 Å². The number of para-hydroxylation sites is 1. The molecular weight excluding hydrogens is 306 g/mol. The van der Waals surface area contributed by atoms with Crippen LogP contribution in [0.1, 0.15) is 22.8 Å². The zero-order chi connectivity index (χ0) is 16.9. The van der Waals surface area contributed by atoms with Gasteiger partial charge in [-0.25, -0.2) is 4.79 Å². The van der Waals surface area contributed by atoms with E-state index in [1.807, 2.05) is 30.3 Å². The lowest BCUT2D eigenvalue weighted by Gasteiger charge is -2.16. The van der Waals surface area contributed by atoms with E-state index in [-0.39, 0.29) is 5.97 Å². The molecule has 0 radical (unpaired) electrons. The zero-order valence-corrected chi connectivity index (χ0v) is 13.9. The second kappa shape index (κ2) is 7.25. The second-order valence-corrected chi connectivity index (χ2v) is 5.91. The Kier molecular flexibility index (Phi) is 4.89. The third-order valence-corrected chi connectivity index (χ3v) is 3.99. The number of nitrogens with one attached hydrogen (secondary N) is 1. The van der Waals surface area contributed by atoms with Gasteiger partial charge in [-0.2, -0.15) is 0 Å². The van der Waals surface area contributed by atoms with Crippen LogP contribution in [0.25, 0.3) is 0 Å². The molecule has 0 saturated carbocycles. The van der Waals surface area contributed by atoms with Gasteiger partial charge in [-0.3, -0.25) is 0 Å². The Morgan fingerprint density at radius 2 is 2.00 bits per heavy atom. The van der Waals surface area contributed by atoms with Crippen molar-refractivity contribution in [1.82, 2.24) is 0 Å². The van der Waals surface area contributed by atoms with Crippen molar-refractivity contribution in [3.8, 4) is 11.5 Å². The monoisotopic (exact) mass is 327 g/mol. The highest BCUT2D eigenvalue weighted by molar-refractivity contribution is 5.95. The third-order valence-electron chi connectivity index (χ3n) is 3.99. The Bertz CT molecular complexity index is 729. The van der Waals surface area contributed by atoms with Gasteiger partial charge in [-0.15, -0.1) is 0 Å². The van der Waals surface area contributed by atoms with E-state index >= 15 is 0 Å². The number of methoxy groups -OCH3 is 1. The molecule has 3 rings (SSSR count). The number of hydrogen-bond acceptors (Lipinski definition) is 5. The Morgan fingerprint density at radius 1 is 1.21 bits per heavy atom. The lowest BCUT2D eigenvalue weighted by atomic mass is 10.0. The molecule has 1 aliphatic rings. The second-order valence-electron chi connectivity index (χ2n) is 5.91. The van der Waals surface area contributed by atoms with Crippen LogP contribution >= 0.6 is 0 Å². The number of ether oxygens (including phenoxy) is 3. The van der Waals surface area contributed by atoms with Gasteiger partial charge < -0.3 is 19.5 Å². The maximum Gasteiger partial charge on any atom is 0.339 e. The maximum atomic E-state index is 11.8. The first kappa shape index (κ1) is 16.2. The molecule has 0 spiro atoms. The van der Waals surface area contributed by atoms with Gasteiger partial charge in [0.25, 0.3) is 0 Å². The van der Waals surface area contributed by atoms with Gasteiger partial charge in [0.05, 0.1) is 12.7 Å². The van der Waals surface area contributed by atoms with Crippen molar-refractivity contribution in [3.63, 3.8) is 0 Å². The standard InChI is InChI=1S/C19H21NO4/c1-13(9-14-7-8-17-18(10-14)24-12-23-17)11-20-16-6-4-3-5-15(16)19(21)22-2/h3-8,10,13,20H,9,11-12H2,1-2H3. The summed E-state index contributed by atoms with van der Waals surface area (Å²) in [5.41, 5.74) is 2.55. The van der Waals surface area contributed by atoms with Crippen LogP contribution in [-0.2, 0) is 11.2 Å². The van der Waals surface area contributed by atoms with Crippen LogP contribution in [0.4, 0.5) is 5.69 Å². The fourth-order valence-electron chi connectivity index (χ4n) is 2.75. The van der Waals surface area contributed by atoms with Crippen LogP contribution in [-0.4, -0.2) is 26.4 Å². The smallest absolute Gasteiger partial charge is 0.339 e. The van der Waals surface area contributed by atoms with E-state index in [1.165, 1.54) is 12.7 Å². The molecule has 1 N–H and O–H groups in total.